The number of benzene rings is 1. The average molecular weight is 301 g/mol. The summed E-state index contributed by atoms with van der Waals surface area (Å²) in [5, 5.41) is 0.583. The number of aromatic amines is 1. The molecule has 1 atom stereocenters. The van der Waals surface area contributed by atoms with Crippen molar-refractivity contribution >= 4 is 37.4 Å². The average Bonchev–Trinajstić information content (AvgIpc) is 2.71. The van der Waals surface area contributed by atoms with Crippen molar-refractivity contribution in [2.24, 2.45) is 0 Å². The monoisotopic (exact) mass is 301 g/mol. The van der Waals surface area contributed by atoms with Gasteiger partial charge < -0.3 is 10.7 Å². The summed E-state index contributed by atoms with van der Waals surface area (Å²) < 4.78 is 37.6. The molecule has 2 rings (SSSR count). The molecule has 0 spiro atoms. The third-order valence-electron chi connectivity index (χ3n) is 2.64. The topological polar surface area (TPSA) is 105 Å². The van der Waals surface area contributed by atoms with E-state index in [2.05, 4.69) is 9.71 Å². The Balaban J connectivity index is 2.30. The molecule has 0 aliphatic heterocycles. The quantitative estimate of drug-likeness (QED) is 0.695. The molecule has 0 saturated carbocycles. The molecule has 104 valence electrons. The van der Waals surface area contributed by atoms with Gasteiger partial charge in [0, 0.05) is 52.1 Å². The van der Waals surface area contributed by atoms with Crippen LogP contribution in [0.25, 0.3) is 10.9 Å². The van der Waals surface area contributed by atoms with Crippen LogP contribution in [0.4, 0.5) is 5.69 Å². The van der Waals surface area contributed by atoms with Crippen LogP contribution >= 0.6 is 0 Å². The molecule has 0 aliphatic rings. The minimum atomic E-state index is -3.61. The highest BCUT2D eigenvalue weighted by atomic mass is 32.2. The molecule has 0 aliphatic carbocycles. The van der Waals surface area contributed by atoms with Crippen LogP contribution in [0, 0.1) is 0 Å². The molecule has 1 aromatic heterocycles. The number of H-pyrrole nitrogens is 1. The molecule has 0 amide bonds. The van der Waals surface area contributed by atoms with Gasteiger partial charge in [-0.3, -0.25) is 4.21 Å². The number of hydrogen-bond acceptors (Lipinski definition) is 4. The van der Waals surface area contributed by atoms with Crippen molar-refractivity contribution in [3.63, 3.8) is 0 Å². The van der Waals surface area contributed by atoms with Gasteiger partial charge in [-0.2, -0.15) is 0 Å². The molecular weight excluding hydrogens is 286 g/mol. The molecule has 8 heteroatoms. The Kier molecular flexibility index (Phi) is 3.93. The van der Waals surface area contributed by atoms with Crippen LogP contribution in [0.2, 0.25) is 0 Å². The van der Waals surface area contributed by atoms with E-state index in [0.717, 1.165) is 0 Å². The predicted molar refractivity (Wildman–Crippen MR) is 76.8 cm³/mol. The highest BCUT2D eigenvalue weighted by Crippen LogP contribution is 2.24. The Hall–Kier alpha value is -1.38. The number of rotatable bonds is 5. The lowest BCUT2D eigenvalue weighted by atomic mass is 10.2. The van der Waals surface area contributed by atoms with E-state index in [1.54, 1.807) is 18.2 Å². The summed E-state index contributed by atoms with van der Waals surface area (Å²) in [6, 6.07) is 4.99. The van der Waals surface area contributed by atoms with E-state index in [1.807, 2.05) is 0 Å². The summed E-state index contributed by atoms with van der Waals surface area (Å²) in [5.74, 6) is 0.286. The Morgan fingerprint density at radius 2 is 2.16 bits per heavy atom. The van der Waals surface area contributed by atoms with E-state index in [0.29, 0.717) is 16.6 Å². The van der Waals surface area contributed by atoms with Crippen molar-refractivity contribution in [2.75, 3.05) is 24.3 Å². The number of anilines is 1. The maximum Gasteiger partial charge on any atom is 0.242 e. The smallest absolute Gasteiger partial charge is 0.242 e. The molecule has 0 fully saturated rings. The standard InChI is InChI=1S/C11H15N3O3S2/c1-18(15)5-4-14-19(16,17)11-7-13-10-6-8(12)2-3-9(10)11/h2-3,6-7,13-14H,4-5,12H2,1H3. The third kappa shape index (κ3) is 3.14. The first-order valence-electron chi connectivity index (χ1n) is 5.56. The van der Waals surface area contributed by atoms with Crippen molar-refractivity contribution in [3.8, 4) is 0 Å². The summed E-state index contributed by atoms with van der Waals surface area (Å²) in [5.41, 5.74) is 6.87. The normalized spacial score (nSPS) is 13.7. The van der Waals surface area contributed by atoms with Gasteiger partial charge in [0.05, 0.1) is 0 Å². The Morgan fingerprint density at radius 3 is 2.84 bits per heavy atom. The minimum Gasteiger partial charge on any atom is -0.399 e. The van der Waals surface area contributed by atoms with Crippen molar-refractivity contribution < 1.29 is 12.6 Å². The molecule has 0 radical (unpaired) electrons. The lowest BCUT2D eigenvalue weighted by Crippen LogP contribution is -2.27. The van der Waals surface area contributed by atoms with Gasteiger partial charge in [0.1, 0.15) is 4.90 Å². The Labute approximate surface area is 113 Å². The van der Waals surface area contributed by atoms with Crippen LogP contribution in [0.15, 0.2) is 29.3 Å². The van der Waals surface area contributed by atoms with Crippen LogP contribution in [-0.4, -0.2) is 36.2 Å². The van der Waals surface area contributed by atoms with Crippen molar-refractivity contribution in [1.29, 1.82) is 0 Å². The van der Waals surface area contributed by atoms with E-state index in [9.17, 15) is 12.6 Å². The maximum absolute atomic E-state index is 12.1. The fourth-order valence-electron chi connectivity index (χ4n) is 1.74. The zero-order valence-corrected chi connectivity index (χ0v) is 12.0. The molecule has 19 heavy (non-hydrogen) atoms. The fraction of sp³-hybridized carbons (Fsp3) is 0.273. The maximum atomic E-state index is 12.1. The second-order valence-electron chi connectivity index (χ2n) is 4.13. The van der Waals surface area contributed by atoms with Crippen molar-refractivity contribution in [3.05, 3.63) is 24.4 Å². The number of hydrogen-bond donors (Lipinski definition) is 3. The molecule has 1 heterocycles. The van der Waals surface area contributed by atoms with Crippen LogP contribution in [0.5, 0.6) is 0 Å². The summed E-state index contributed by atoms with van der Waals surface area (Å²) in [4.78, 5) is 3.05. The minimum absolute atomic E-state index is 0.146. The summed E-state index contributed by atoms with van der Waals surface area (Å²) in [6.07, 6.45) is 2.96. The lowest BCUT2D eigenvalue weighted by Gasteiger charge is -2.04. The number of nitrogens with two attached hydrogens (primary N) is 1. The van der Waals surface area contributed by atoms with Gasteiger partial charge in [0.25, 0.3) is 0 Å². The molecule has 4 N–H and O–H groups in total. The SMILES string of the molecule is CS(=O)CCNS(=O)(=O)c1c[nH]c2cc(N)ccc12. The second-order valence-corrected chi connectivity index (χ2v) is 7.42. The highest BCUT2D eigenvalue weighted by Gasteiger charge is 2.18. The Bertz CT molecular complexity index is 722. The summed E-state index contributed by atoms with van der Waals surface area (Å²) in [6.45, 7) is 0.146. The molecule has 0 bridgehead atoms. The second kappa shape index (κ2) is 5.32. The first-order chi connectivity index (χ1) is 8.90. The predicted octanol–water partition coefficient (Wildman–Crippen LogP) is 0.407. The number of sulfonamides is 1. The van der Waals surface area contributed by atoms with Crippen LogP contribution in [0.3, 0.4) is 0 Å². The number of nitrogens with one attached hydrogen (secondary N) is 2. The zero-order chi connectivity index (χ0) is 14.0. The molecule has 2 aromatic rings. The van der Waals surface area contributed by atoms with E-state index < -0.39 is 20.8 Å². The van der Waals surface area contributed by atoms with E-state index >= 15 is 0 Å². The highest BCUT2D eigenvalue weighted by molar-refractivity contribution is 7.89. The van der Waals surface area contributed by atoms with E-state index in [4.69, 9.17) is 5.73 Å². The zero-order valence-electron chi connectivity index (χ0n) is 10.3. The first-order valence-corrected chi connectivity index (χ1v) is 8.77. The molecular formula is C11H15N3O3S2. The molecule has 1 unspecified atom stereocenters. The summed E-state index contributed by atoms with van der Waals surface area (Å²) >= 11 is 0. The van der Waals surface area contributed by atoms with E-state index in [1.165, 1.54) is 12.5 Å². The number of aromatic nitrogens is 1. The van der Waals surface area contributed by atoms with Crippen LogP contribution in [-0.2, 0) is 20.8 Å². The number of fused-ring (bicyclic) bond motifs is 1. The van der Waals surface area contributed by atoms with Gasteiger partial charge >= 0.3 is 0 Å². The van der Waals surface area contributed by atoms with E-state index in [-0.39, 0.29) is 17.2 Å². The van der Waals surface area contributed by atoms with Gasteiger partial charge in [-0.05, 0) is 18.2 Å². The fourth-order valence-corrected chi connectivity index (χ4v) is 3.46. The van der Waals surface area contributed by atoms with Gasteiger partial charge in [0.15, 0.2) is 0 Å². The molecule has 6 nitrogen and oxygen atoms in total. The first kappa shape index (κ1) is 14.0. The summed E-state index contributed by atoms with van der Waals surface area (Å²) in [7, 11) is -4.64. The van der Waals surface area contributed by atoms with Crippen molar-refractivity contribution in [2.45, 2.75) is 4.90 Å². The van der Waals surface area contributed by atoms with Crippen LogP contribution in [0.1, 0.15) is 0 Å². The largest absolute Gasteiger partial charge is 0.399 e. The molecule has 1 aromatic carbocycles. The van der Waals surface area contributed by atoms with Gasteiger partial charge in [-0.1, -0.05) is 0 Å². The van der Waals surface area contributed by atoms with Gasteiger partial charge in [-0.15, -0.1) is 0 Å². The molecule has 0 saturated heterocycles. The number of nitrogen functional groups attached to an aromatic ring is 1. The Morgan fingerprint density at radius 1 is 1.42 bits per heavy atom. The lowest BCUT2D eigenvalue weighted by molar-refractivity contribution is 0.585. The van der Waals surface area contributed by atoms with Crippen LogP contribution < -0.4 is 10.5 Å². The van der Waals surface area contributed by atoms with Crippen molar-refractivity contribution in [1.82, 2.24) is 9.71 Å². The van der Waals surface area contributed by atoms with Gasteiger partial charge in [0.2, 0.25) is 10.0 Å². The third-order valence-corrected chi connectivity index (χ3v) is 4.92. The van der Waals surface area contributed by atoms with Gasteiger partial charge in [-0.25, -0.2) is 13.1 Å².